The lowest BCUT2D eigenvalue weighted by atomic mass is 9.34. The first-order chi connectivity index (χ1) is 19.5. The van der Waals surface area contributed by atoms with Crippen LogP contribution in [0.4, 0.5) is 0 Å². The molecule has 0 amide bonds. The van der Waals surface area contributed by atoms with Gasteiger partial charge < -0.3 is 28.1 Å². The Hall–Kier alpha value is -2.88. The molecule has 11 atom stereocenters. The molecule has 3 unspecified atom stereocenters. The van der Waals surface area contributed by atoms with Crippen LogP contribution in [0.1, 0.15) is 92.7 Å². The minimum Gasteiger partial charge on any atom is -0.472 e. The molecule has 2 saturated heterocycles. The van der Waals surface area contributed by atoms with Gasteiger partial charge in [0.25, 0.3) is 0 Å². The third-order valence-electron chi connectivity index (χ3n) is 12.2. The summed E-state index contributed by atoms with van der Waals surface area (Å²) in [5.41, 5.74) is -2.88. The van der Waals surface area contributed by atoms with Crippen molar-refractivity contribution in [2.24, 2.45) is 33.5 Å². The molecule has 0 aromatic carbocycles. The summed E-state index contributed by atoms with van der Waals surface area (Å²) in [5.74, 6) is -2.01. The van der Waals surface area contributed by atoms with Gasteiger partial charge in [-0.25, -0.2) is 4.79 Å². The molecule has 1 aromatic rings. The van der Waals surface area contributed by atoms with Gasteiger partial charge >= 0.3 is 23.9 Å². The average molecular weight is 587 g/mol. The van der Waals surface area contributed by atoms with E-state index in [1.165, 1.54) is 20.8 Å². The first-order valence-electron chi connectivity index (χ1n) is 15.0. The van der Waals surface area contributed by atoms with Crippen LogP contribution in [0.2, 0.25) is 0 Å². The standard InChI is InChI=1S/C32H42O10/c1-16(33)38-22-14-23(39-17(2)34)30(7)20-9-11-29(6)25(19-10-12-37-15-19)41-27(36)26-32(29,42-26)31(20,8)24(40-18(3)35)13-21(30)28(22,4)5/h10,12,15,20-26H,9,11,13-14H2,1-8H3/t20?,21?,22-,23+,24-,25+,26-,29+,30-,31+,32?/m1/s1. The van der Waals surface area contributed by atoms with Crippen LogP contribution in [0.5, 0.6) is 0 Å². The van der Waals surface area contributed by atoms with Crippen molar-refractivity contribution in [2.45, 2.75) is 117 Å². The summed E-state index contributed by atoms with van der Waals surface area (Å²) >= 11 is 0. The molecule has 5 aliphatic rings. The summed E-state index contributed by atoms with van der Waals surface area (Å²) in [5, 5.41) is 0. The Bertz CT molecular complexity index is 1320. The lowest BCUT2D eigenvalue weighted by Crippen LogP contribution is -2.75. The number of hydrogen-bond acceptors (Lipinski definition) is 10. The van der Waals surface area contributed by atoms with Crippen LogP contribution in [0, 0.1) is 33.5 Å². The Labute approximate surface area is 246 Å². The zero-order valence-corrected chi connectivity index (χ0v) is 25.7. The highest BCUT2D eigenvalue weighted by Gasteiger charge is 2.89. The molecule has 3 heterocycles. The molecule has 0 N–H and O–H groups in total. The first kappa shape index (κ1) is 29.2. The third-order valence-corrected chi connectivity index (χ3v) is 12.2. The zero-order valence-electron chi connectivity index (χ0n) is 25.7. The minimum absolute atomic E-state index is 0.159. The monoisotopic (exact) mass is 586 g/mol. The molecule has 10 heteroatoms. The average Bonchev–Trinajstić information content (AvgIpc) is 3.45. The second-order valence-corrected chi connectivity index (χ2v) is 14.4. The predicted molar refractivity (Wildman–Crippen MR) is 145 cm³/mol. The fraction of sp³-hybridized carbons (Fsp3) is 0.750. The maximum Gasteiger partial charge on any atom is 0.339 e. The maximum atomic E-state index is 13.5. The molecule has 2 aliphatic heterocycles. The van der Waals surface area contributed by atoms with Crippen molar-refractivity contribution in [1.82, 2.24) is 0 Å². The summed E-state index contributed by atoms with van der Waals surface area (Å²) in [6, 6.07) is 1.81. The zero-order chi connectivity index (χ0) is 30.6. The fourth-order valence-electron chi connectivity index (χ4n) is 10.6. The number of epoxide rings is 1. The number of esters is 4. The molecular weight excluding hydrogens is 544 g/mol. The third kappa shape index (κ3) is 3.53. The topological polar surface area (TPSA) is 131 Å². The van der Waals surface area contributed by atoms with Gasteiger partial charge in [-0.15, -0.1) is 0 Å². The van der Waals surface area contributed by atoms with E-state index in [0.717, 1.165) is 5.56 Å². The summed E-state index contributed by atoms with van der Waals surface area (Å²) in [6.45, 7) is 14.7. The van der Waals surface area contributed by atoms with Gasteiger partial charge in [-0.1, -0.05) is 34.6 Å². The Balaban J connectivity index is 1.54. The number of carbonyl (C=O) groups is 4. The van der Waals surface area contributed by atoms with Crippen molar-refractivity contribution in [3.8, 4) is 0 Å². The molecule has 10 nitrogen and oxygen atoms in total. The van der Waals surface area contributed by atoms with E-state index in [0.29, 0.717) is 25.7 Å². The number of fused-ring (bicyclic) bond motifs is 3. The van der Waals surface area contributed by atoms with Crippen molar-refractivity contribution in [2.75, 3.05) is 0 Å². The number of hydrogen-bond donors (Lipinski definition) is 0. The van der Waals surface area contributed by atoms with Crippen LogP contribution in [0.15, 0.2) is 23.0 Å². The smallest absolute Gasteiger partial charge is 0.339 e. The van der Waals surface area contributed by atoms with E-state index in [9.17, 15) is 19.2 Å². The highest BCUT2D eigenvalue weighted by molar-refractivity contribution is 5.82. The summed E-state index contributed by atoms with van der Waals surface area (Å²) in [6.07, 6.45) is 2.16. The quantitative estimate of drug-likeness (QED) is 0.278. The molecule has 42 heavy (non-hydrogen) atoms. The van der Waals surface area contributed by atoms with Crippen molar-refractivity contribution in [3.63, 3.8) is 0 Å². The van der Waals surface area contributed by atoms with Crippen LogP contribution in [-0.4, -0.2) is 53.9 Å². The van der Waals surface area contributed by atoms with Crippen molar-refractivity contribution in [3.05, 3.63) is 24.2 Å². The van der Waals surface area contributed by atoms with Gasteiger partial charge in [-0.05, 0) is 37.2 Å². The van der Waals surface area contributed by atoms with Crippen LogP contribution in [-0.2, 0) is 42.9 Å². The summed E-state index contributed by atoms with van der Waals surface area (Å²) in [4.78, 5) is 50.9. The molecule has 230 valence electrons. The van der Waals surface area contributed by atoms with Crippen molar-refractivity contribution in [1.29, 1.82) is 0 Å². The molecule has 1 aromatic heterocycles. The predicted octanol–water partition coefficient (Wildman–Crippen LogP) is 4.69. The van der Waals surface area contributed by atoms with Gasteiger partial charge in [0.1, 0.15) is 30.0 Å². The van der Waals surface area contributed by atoms with Gasteiger partial charge in [0.2, 0.25) is 0 Å². The van der Waals surface area contributed by atoms with Crippen molar-refractivity contribution < 1.29 is 47.3 Å². The van der Waals surface area contributed by atoms with Crippen LogP contribution < -0.4 is 0 Å². The van der Waals surface area contributed by atoms with Gasteiger partial charge in [0.05, 0.1) is 12.5 Å². The second-order valence-electron chi connectivity index (χ2n) is 14.4. The molecule has 0 radical (unpaired) electrons. The Morgan fingerprint density at radius 3 is 2.05 bits per heavy atom. The molecule has 1 spiro atoms. The molecule has 3 aliphatic carbocycles. The molecule has 3 saturated carbocycles. The van der Waals surface area contributed by atoms with Crippen LogP contribution in [0.25, 0.3) is 0 Å². The fourth-order valence-corrected chi connectivity index (χ4v) is 10.6. The molecule has 0 bridgehead atoms. The Morgan fingerprint density at radius 1 is 0.833 bits per heavy atom. The van der Waals surface area contributed by atoms with E-state index in [-0.39, 0.29) is 11.8 Å². The number of rotatable bonds is 4. The minimum atomic E-state index is -0.994. The van der Waals surface area contributed by atoms with E-state index in [2.05, 4.69) is 34.6 Å². The van der Waals surface area contributed by atoms with Gasteiger partial charge in [0, 0.05) is 54.4 Å². The van der Waals surface area contributed by atoms with Gasteiger partial charge in [0.15, 0.2) is 6.10 Å². The van der Waals surface area contributed by atoms with Crippen LogP contribution in [0.3, 0.4) is 0 Å². The van der Waals surface area contributed by atoms with Gasteiger partial charge in [-0.3, -0.25) is 14.4 Å². The van der Waals surface area contributed by atoms with E-state index < -0.39 is 81.7 Å². The van der Waals surface area contributed by atoms with E-state index in [1.807, 2.05) is 6.07 Å². The lowest BCUT2D eigenvalue weighted by Gasteiger charge is -2.71. The Morgan fingerprint density at radius 2 is 1.45 bits per heavy atom. The van der Waals surface area contributed by atoms with Gasteiger partial charge in [-0.2, -0.15) is 0 Å². The second kappa shape index (κ2) is 9.07. The highest BCUT2D eigenvalue weighted by Crippen LogP contribution is 2.80. The van der Waals surface area contributed by atoms with E-state index in [4.69, 9.17) is 28.1 Å². The molecular formula is C32H42O10. The lowest BCUT2D eigenvalue weighted by molar-refractivity contribution is -0.298. The van der Waals surface area contributed by atoms with Crippen LogP contribution >= 0.6 is 0 Å². The summed E-state index contributed by atoms with van der Waals surface area (Å²) < 4.78 is 36.2. The molecule has 6 rings (SSSR count). The highest BCUT2D eigenvalue weighted by atomic mass is 16.7. The Kier molecular flexibility index (Phi) is 6.30. The first-order valence-corrected chi connectivity index (χ1v) is 15.0. The molecule has 5 fully saturated rings. The number of carbonyl (C=O) groups excluding carboxylic acids is 4. The van der Waals surface area contributed by atoms with Crippen molar-refractivity contribution >= 4 is 23.9 Å². The van der Waals surface area contributed by atoms with E-state index >= 15 is 0 Å². The normalized spacial score (nSPS) is 46.5. The largest absolute Gasteiger partial charge is 0.472 e. The number of furan rings is 1. The van der Waals surface area contributed by atoms with E-state index in [1.54, 1.807) is 12.5 Å². The number of ether oxygens (including phenoxy) is 5. The number of cyclic esters (lactones) is 1. The maximum absolute atomic E-state index is 13.5. The SMILES string of the molecule is CC(=O)O[C@H]1C[C@@H](OC(C)=O)C(C)(C)C2C[C@@H](OC(C)=O)[C@]3(C)C(CC[C@@]4(C)[C@H](c5ccoc5)OC(=O)[C@H]5OC543)[C@]21C. The summed E-state index contributed by atoms with van der Waals surface area (Å²) in [7, 11) is 0.